The molecule has 1 N–H and O–H groups in total. The number of benzene rings is 1. The topological polar surface area (TPSA) is 49.4 Å². The van der Waals surface area contributed by atoms with Crippen molar-refractivity contribution in [2.24, 2.45) is 5.92 Å². The lowest BCUT2D eigenvalue weighted by Crippen LogP contribution is -2.54. The van der Waals surface area contributed by atoms with E-state index in [1.807, 2.05) is 5.32 Å². The number of halogens is 3. The third kappa shape index (κ3) is 2.03. The number of carbonyl (C=O) groups excluding carboxylic acids is 2. The Morgan fingerprint density at radius 2 is 1.78 bits per heavy atom. The summed E-state index contributed by atoms with van der Waals surface area (Å²) in [6.07, 6.45) is 0. The maximum Gasteiger partial charge on any atom is 0.328 e. The maximum atomic E-state index is 13.5. The Labute approximate surface area is 100 Å². The first-order chi connectivity index (χ1) is 8.40. The third-order valence-corrected chi connectivity index (χ3v) is 2.66. The van der Waals surface area contributed by atoms with E-state index in [4.69, 9.17) is 0 Å². The van der Waals surface area contributed by atoms with Gasteiger partial charge in [-0.3, -0.25) is 15.0 Å². The van der Waals surface area contributed by atoms with Crippen LogP contribution >= 0.6 is 0 Å². The Hall–Kier alpha value is -2.05. The summed E-state index contributed by atoms with van der Waals surface area (Å²) < 4.78 is 39.3. The van der Waals surface area contributed by atoms with E-state index in [0.717, 1.165) is 4.90 Å². The second-order valence-corrected chi connectivity index (χ2v) is 4.02. The molecule has 1 saturated heterocycles. The third-order valence-electron chi connectivity index (χ3n) is 2.66. The molecule has 1 unspecified atom stereocenters. The van der Waals surface area contributed by atoms with Crippen LogP contribution in [0.2, 0.25) is 0 Å². The standard InChI is InChI=1S/C11H9F3N2O2/c1-5-4-16(11(18)15-10(5)17)9-3-7(13)6(12)2-8(9)14/h2-3,5H,4H2,1H3,(H,15,17,18). The quantitative estimate of drug-likeness (QED) is 0.781. The molecular weight excluding hydrogens is 249 g/mol. The highest BCUT2D eigenvalue weighted by molar-refractivity contribution is 6.06. The van der Waals surface area contributed by atoms with E-state index in [0.29, 0.717) is 12.1 Å². The van der Waals surface area contributed by atoms with E-state index in [9.17, 15) is 22.8 Å². The number of nitrogens with one attached hydrogen (secondary N) is 1. The van der Waals surface area contributed by atoms with Gasteiger partial charge in [-0.15, -0.1) is 0 Å². The molecule has 1 atom stereocenters. The Balaban J connectivity index is 2.39. The zero-order valence-electron chi connectivity index (χ0n) is 9.34. The van der Waals surface area contributed by atoms with Crippen molar-refractivity contribution < 1.29 is 22.8 Å². The first kappa shape index (κ1) is 12.4. The van der Waals surface area contributed by atoms with Crippen LogP contribution in [0.3, 0.4) is 0 Å². The summed E-state index contributed by atoms with van der Waals surface area (Å²) in [5.74, 6) is -4.71. The number of urea groups is 1. The molecule has 0 radical (unpaired) electrons. The zero-order chi connectivity index (χ0) is 13.4. The smallest absolute Gasteiger partial charge is 0.290 e. The highest BCUT2D eigenvalue weighted by atomic mass is 19.2. The van der Waals surface area contributed by atoms with Gasteiger partial charge in [-0.2, -0.15) is 0 Å². The van der Waals surface area contributed by atoms with Gasteiger partial charge in [-0.1, -0.05) is 6.92 Å². The minimum Gasteiger partial charge on any atom is -0.290 e. The number of nitrogens with zero attached hydrogens (tertiary/aromatic N) is 1. The number of anilines is 1. The predicted molar refractivity (Wildman–Crippen MR) is 56.4 cm³/mol. The molecule has 2 rings (SSSR count). The molecule has 1 heterocycles. The van der Waals surface area contributed by atoms with E-state index in [1.165, 1.54) is 6.92 Å². The largest absolute Gasteiger partial charge is 0.328 e. The van der Waals surface area contributed by atoms with Gasteiger partial charge in [-0.05, 0) is 0 Å². The summed E-state index contributed by atoms with van der Waals surface area (Å²) in [6, 6.07) is 0.0919. The molecule has 7 heteroatoms. The molecule has 18 heavy (non-hydrogen) atoms. The average Bonchev–Trinajstić information content (AvgIpc) is 2.29. The summed E-state index contributed by atoms with van der Waals surface area (Å²) in [5.41, 5.74) is -0.397. The summed E-state index contributed by atoms with van der Waals surface area (Å²) in [4.78, 5) is 23.6. The van der Waals surface area contributed by atoms with Crippen molar-refractivity contribution in [2.75, 3.05) is 11.4 Å². The number of hydrogen-bond acceptors (Lipinski definition) is 2. The van der Waals surface area contributed by atoms with Crippen molar-refractivity contribution >= 4 is 17.6 Å². The van der Waals surface area contributed by atoms with E-state index >= 15 is 0 Å². The molecule has 0 aliphatic carbocycles. The van der Waals surface area contributed by atoms with Gasteiger partial charge < -0.3 is 0 Å². The molecule has 0 spiro atoms. The zero-order valence-corrected chi connectivity index (χ0v) is 9.34. The van der Waals surface area contributed by atoms with E-state index in [-0.39, 0.29) is 6.54 Å². The van der Waals surface area contributed by atoms with E-state index < -0.39 is 41.0 Å². The summed E-state index contributed by atoms with van der Waals surface area (Å²) in [6.45, 7) is 1.44. The van der Waals surface area contributed by atoms with Crippen LogP contribution in [0.1, 0.15) is 6.92 Å². The van der Waals surface area contributed by atoms with Crippen molar-refractivity contribution in [3.8, 4) is 0 Å². The van der Waals surface area contributed by atoms with Crippen molar-refractivity contribution in [1.29, 1.82) is 0 Å². The Bertz CT molecular complexity index is 533. The van der Waals surface area contributed by atoms with Crippen LogP contribution in [-0.2, 0) is 4.79 Å². The van der Waals surface area contributed by atoms with E-state index in [2.05, 4.69) is 0 Å². The SMILES string of the molecule is CC1CN(c2cc(F)c(F)cc2F)C(=O)NC1=O. The first-order valence-corrected chi connectivity index (χ1v) is 5.17. The second-order valence-electron chi connectivity index (χ2n) is 4.02. The summed E-state index contributed by atoms with van der Waals surface area (Å²) >= 11 is 0. The highest BCUT2D eigenvalue weighted by Gasteiger charge is 2.32. The van der Waals surface area contributed by atoms with E-state index in [1.54, 1.807) is 0 Å². The van der Waals surface area contributed by atoms with Crippen LogP contribution in [0.25, 0.3) is 0 Å². The molecule has 1 aromatic carbocycles. The van der Waals surface area contributed by atoms with Gasteiger partial charge in [0, 0.05) is 18.7 Å². The molecule has 96 valence electrons. The molecule has 3 amide bonds. The van der Waals surface area contributed by atoms with Gasteiger partial charge in [-0.25, -0.2) is 18.0 Å². The Morgan fingerprint density at radius 3 is 2.44 bits per heavy atom. The fourth-order valence-electron chi connectivity index (χ4n) is 1.66. The lowest BCUT2D eigenvalue weighted by atomic mass is 10.1. The molecule has 0 bridgehead atoms. The molecule has 0 aromatic heterocycles. The number of amides is 3. The van der Waals surface area contributed by atoms with Crippen LogP contribution in [-0.4, -0.2) is 18.5 Å². The summed E-state index contributed by atoms with van der Waals surface area (Å²) in [7, 11) is 0. The second kappa shape index (κ2) is 4.32. The first-order valence-electron chi connectivity index (χ1n) is 5.17. The van der Waals surface area contributed by atoms with Crippen molar-refractivity contribution in [3.63, 3.8) is 0 Å². The van der Waals surface area contributed by atoms with Crippen LogP contribution < -0.4 is 10.2 Å². The molecular formula is C11H9F3N2O2. The van der Waals surface area contributed by atoms with Gasteiger partial charge in [0.05, 0.1) is 11.6 Å². The van der Waals surface area contributed by atoms with Crippen LogP contribution in [0, 0.1) is 23.4 Å². The molecule has 0 saturated carbocycles. The minimum atomic E-state index is -1.34. The molecule has 1 aliphatic rings. The lowest BCUT2D eigenvalue weighted by Gasteiger charge is -2.30. The van der Waals surface area contributed by atoms with Crippen LogP contribution in [0.15, 0.2) is 12.1 Å². The summed E-state index contributed by atoms with van der Waals surface area (Å²) in [5, 5.41) is 2.00. The number of imide groups is 1. The number of carbonyl (C=O) groups is 2. The maximum absolute atomic E-state index is 13.5. The highest BCUT2D eigenvalue weighted by Crippen LogP contribution is 2.25. The Morgan fingerprint density at radius 1 is 1.17 bits per heavy atom. The predicted octanol–water partition coefficient (Wildman–Crippen LogP) is 1.80. The van der Waals surface area contributed by atoms with Crippen molar-refractivity contribution in [1.82, 2.24) is 5.32 Å². The minimum absolute atomic E-state index is 0.0906. The van der Waals surface area contributed by atoms with Crippen molar-refractivity contribution in [2.45, 2.75) is 6.92 Å². The fourth-order valence-corrected chi connectivity index (χ4v) is 1.66. The molecule has 1 aromatic rings. The van der Waals surface area contributed by atoms with Gasteiger partial charge in [0.1, 0.15) is 5.82 Å². The van der Waals surface area contributed by atoms with Crippen LogP contribution in [0.5, 0.6) is 0 Å². The average molecular weight is 258 g/mol. The van der Waals surface area contributed by atoms with Gasteiger partial charge in [0.15, 0.2) is 11.6 Å². The normalized spacial score (nSPS) is 20.0. The molecule has 1 fully saturated rings. The Kier molecular flexibility index (Phi) is 2.98. The molecule has 1 aliphatic heterocycles. The van der Waals surface area contributed by atoms with Crippen molar-refractivity contribution in [3.05, 3.63) is 29.6 Å². The number of hydrogen-bond donors (Lipinski definition) is 1. The van der Waals surface area contributed by atoms with Gasteiger partial charge >= 0.3 is 6.03 Å². The number of rotatable bonds is 1. The molecule has 4 nitrogen and oxygen atoms in total. The van der Waals surface area contributed by atoms with Crippen LogP contribution in [0.4, 0.5) is 23.7 Å². The lowest BCUT2D eigenvalue weighted by molar-refractivity contribution is -0.123. The fraction of sp³-hybridized carbons (Fsp3) is 0.273. The van der Waals surface area contributed by atoms with Gasteiger partial charge in [0.2, 0.25) is 5.91 Å². The van der Waals surface area contributed by atoms with Gasteiger partial charge in [0.25, 0.3) is 0 Å². The monoisotopic (exact) mass is 258 g/mol.